The van der Waals surface area contributed by atoms with Gasteiger partial charge in [-0.15, -0.1) is 11.7 Å². The standard InChI is InChI=1S/C27H32BrN5O6/c1-4-11-31(15-32-19-10-8-7-9-18(19)29-30-32)25(36)23-27-13-17(28)22(39-27)20(26(37)38-12-5-2)21(27)24(35)33(23)16(6-3)14-34/h4-5,7-10,16-17,20-23,34H,1-2,6,11-15H2,3H3/t16-,17?,20+,21-,22+,23?,27?/m0/s1. The van der Waals surface area contributed by atoms with Crippen LogP contribution in [0, 0.1) is 11.8 Å². The van der Waals surface area contributed by atoms with Crippen LogP contribution in [0.5, 0.6) is 0 Å². The number of likely N-dealkylation sites (tertiary alicyclic amines) is 1. The predicted octanol–water partition coefficient (Wildman–Crippen LogP) is 1.65. The Bertz CT molecular complexity index is 1300. The van der Waals surface area contributed by atoms with E-state index in [1.807, 2.05) is 31.2 Å². The van der Waals surface area contributed by atoms with Crippen molar-refractivity contribution in [1.82, 2.24) is 24.8 Å². The van der Waals surface area contributed by atoms with E-state index in [-0.39, 0.29) is 43.1 Å². The Hall–Kier alpha value is -3.09. The average Bonchev–Trinajstić information content (AvgIpc) is 3.65. The third kappa shape index (κ3) is 4.29. The summed E-state index contributed by atoms with van der Waals surface area (Å²) in [5.74, 6) is -3.13. The van der Waals surface area contributed by atoms with E-state index >= 15 is 0 Å². The zero-order chi connectivity index (χ0) is 27.9. The molecule has 2 amide bonds. The summed E-state index contributed by atoms with van der Waals surface area (Å²) in [6, 6.07) is 5.72. The Morgan fingerprint density at radius 2 is 2.13 bits per heavy atom. The van der Waals surface area contributed by atoms with Gasteiger partial charge in [0.2, 0.25) is 11.8 Å². The van der Waals surface area contributed by atoms with Gasteiger partial charge >= 0.3 is 5.97 Å². The largest absolute Gasteiger partial charge is 0.461 e. The lowest BCUT2D eigenvalue weighted by Crippen LogP contribution is -2.59. The van der Waals surface area contributed by atoms with Crippen molar-refractivity contribution in [3.05, 3.63) is 49.6 Å². The van der Waals surface area contributed by atoms with Gasteiger partial charge in [0.25, 0.3) is 0 Å². The van der Waals surface area contributed by atoms with E-state index in [1.165, 1.54) is 11.0 Å². The summed E-state index contributed by atoms with van der Waals surface area (Å²) in [6.45, 7) is 9.16. The fourth-order valence-corrected chi connectivity index (χ4v) is 7.33. The fourth-order valence-electron chi connectivity index (χ4n) is 6.39. The Balaban J connectivity index is 1.56. The van der Waals surface area contributed by atoms with Gasteiger partial charge in [0.1, 0.15) is 30.4 Å². The van der Waals surface area contributed by atoms with Gasteiger partial charge in [-0.3, -0.25) is 14.4 Å². The van der Waals surface area contributed by atoms with E-state index in [0.29, 0.717) is 18.4 Å². The van der Waals surface area contributed by atoms with Crippen molar-refractivity contribution < 1.29 is 29.0 Å². The van der Waals surface area contributed by atoms with E-state index in [9.17, 15) is 19.5 Å². The quantitative estimate of drug-likeness (QED) is 0.234. The van der Waals surface area contributed by atoms with Gasteiger partial charge in [-0.1, -0.05) is 58.9 Å². The molecule has 1 N–H and O–H groups in total. The van der Waals surface area contributed by atoms with Gasteiger partial charge < -0.3 is 24.4 Å². The number of rotatable bonds is 11. The van der Waals surface area contributed by atoms with Crippen molar-refractivity contribution >= 4 is 44.7 Å². The Morgan fingerprint density at radius 3 is 2.82 bits per heavy atom. The molecule has 39 heavy (non-hydrogen) atoms. The van der Waals surface area contributed by atoms with Crippen molar-refractivity contribution in [3.63, 3.8) is 0 Å². The van der Waals surface area contributed by atoms with Crippen molar-refractivity contribution in [3.8, 4) is 0 Å². The van der Waals surface area contributed by atoms with Gasteiger partial charge in [0, 0.05) is 11.4 Å². The molecule has 0 radical (unpaired) electrons. The number of para-hydroxylation sites is 1. The summed E-state index contributed by atoms with van der Waals surface area (Å²) in [7, 11) is 0. The summed E-state index contributed by atoms with van der Waals surface area (Å²) in [5.41, 5.74) is 0.171. The number of aliphatic hydroxyl groups is 1. The van der Waals surface area contributed by atoms with Crippen LogP contribution in [0.4, 0.5) is 0 Å². The summed E-state index contributed by atoms with van der Waals surface area (Å²) < 4.78 is 13.5. The first kappa shape index (κ1) is 27.5. The predicted molar refractivity (Wildman–Crippen MR) is 144 cm³/mol. The fraction of sp³-hybridized carbons (Fsp3) is 0.519. The molecule has 2 aromatic rings. The number of hydrogen-bond acceptors (Lipinski definition) is 8. The monoisotopic (exact) mass is 601 g/mol. The number of nitrogens with zero attached hydrogens (tertiary/aromatic N) is 5. The van der Waals surface area contributed by atoms with Crippen molar-refractivity contribution in [2.24, 2.45) is 11.8 Å². The van der Waals surface area contributed by atoms with E-state index in [1.54, 1.807) is 15.7 Å². The number of esters is 1. The van der Waals surface area contributed by atoms with Crippen LogP contribution in [0.2, 0.25) is 0 Å². The molecule has 0 saturated carbocycles. The van der Waals surface area contributed by atoms with E-state index < -0.39 is 41.6 Å². The van der Waals surface area contributed by atoms with Gasteiger partial charge in [0.15, 0.2) is 0 Å². The second-order valence-corrected chi connectivity index (χ2v) is 11.3. The number of halogens is 1. The lowest BCUT2D eigenvalue weighted by Gasteiger charge is -2.39. The van der Waals surface area contributed by atoms with Crippen LogP contribution in [-0.4, -0.2) is 96.1 Å². The molecule has 3 aliphatic heterocycles. The maximum absolute atomic E-state index is 14.5. The minimum Gasteiger partial charge on any atom is -0.461 e. The average molecular weight is 602 g/mol. The number of aliphatic hydroxyl groups excluding tert-OH is 1. The lowest BCUT2D eigenvalue weighted by atomic mass is 9.70. The second-order valence-electron chi connectivity index (χ2n) is 10.1. The summed E-state index contributed by atoms with van der Waals surface area (Å²) >= 11 is 3.64. The Kier molecular flexibility index (Phi) is 7.62. The molecule has 0 aliphatic carbocycles. The highest BCUT2D eigenvalue weighted by molar-refractivity contribution is 9.09. The van der Waals surface area contributed by atoms with Crippen LogP contribution in [0.25, 0.3) is 11.0 Å². The van der Waals surface area contributed by atoms with E-state index in [4.69, 9.17) is 9.47 Å². The zero-order valence-corrected chi connectivity index (χ0v) is 23.3. The topological polar surface area (TPSA) is 127 Å². The first-order valence-electron chi connectivity index (χ1n) is 13.0. The molecule has 3 unspecified atom stereocenters. The Labute approximate surface area is 234 Å². The van der Waals surface area contributed by atoms with Crippen LogP contribution in [0.3, 0.4) is 0 Å². The van der Waals surface area contributed by atoms with Crippen molar-refractivity contribution in [2.45, 2.75) is 55.0 Å². The second kappa shape index (κ2) is 10.8. The van der Waals surface area contributed by atoms with Gasteiger partial charge in [-0.05, 0) is 25.0 Å². The molecule has 1 aromatic heterocycles. The van der Waals surface area contributed by atoms with E-state index in [2.05, 4.69) is 39.4 Å². The third-order valence-corrected chi connectivity index (χ3v) is 8.88. The smallest absolute Gasteiger partial charge is 0.312 e. The molecule has 3 aliphatic rings. The Morgan fingerprint density at radius 1 is 1.36 bits per heavy atom. The molecule has 7 atom stereocenters. The maximum Gasteiger partial charge on any atom is 0.312 e. The van der Waals surface area contributed by atoms with Gasteiger partial charge in [-0.2, -0.15) is 0 Å². The van der Waals surface area contributed by atoms with Crippen LogP contribution in [-0.2, 0) is 30.5 Å². The number of carbonyl (C=O) groups excluding carboxylic acids is 3. The van der Waals surface area contributed by atoms with Gasteiger partial charge in [0.05, 0.1) is 36.1 Å². The first-order chi connectivity index (χ1) is 18.8. The molecule has 11 nitrogen and oxygen atoms in total. The van der Waals surface area contributed by atoms with Gasteiger partial charge in [-0.25, -0.2) is 4.68 Å². The molecule has 5 rings (SSSR count). The summed E-state index contributed by atoms with van der Waals surface area (Å²) in [6.07, 6.45) is 3.20. The molecule has 208 valence electrons. The first-order valence-corrected chi connectivity index (χ1v) is 13.9. The number of fused-ring (bicyclic) bond motifs is 2. The molecule has 1 spiro atoms. The molecule has 12 heteroatoms. The number of carbonyl (C=O) groups is 3. The molecular formula is C27H32BrN5O6. The number of alkyl halides is 1. The van der Waals surface area contributed by atoms with Crippen LogP contribution in [0.15, 0.2) is 49.6 Å². The van der Waals surface area contributed by atoms with Crippen molar-refractivity contribution in [2.75, 3.05) is 19.8 Å². The highest BCUT2D eigenvalue weighted by Crippen LogP contribution is 2.60. The number of aromatic nitrogens is 3. The lowest BCUT2D eigenvalue weighted by molar-refractivity contribution is -0.156. The number of hydrogen-bond donors (Lipinski definition) is 1. The molecule has 1 aromatic carbocycles. The minimum absolute atomic E-state index is 0.00217. The molecular weight excluding hydrogens is 570 g/mol. The maximum atomic E-state index is 14.5. The molecule has 3 fully saturated rings. The number of benzene rings is 1. The molecule has 4 heterocycles. The normalized spacial score (nSPS) is 29.9. The van der Waals surface area contributed by atoms with E-state index in [0.717, 1.165) is 5.52 Å². The highest BCUT2D eigenvalue weighted by Gasteiger charge is 2.77. The molecule has 3 saturated heterocycles. The van der Waals surface area contributed by atoms with Crippen LogP contribution in [0.1, 0.15) is 19.8 Å². The number of amides is 2. The zero-order valence-electron chi connectivity index (χ0n) is 21.7. The van der Waals surface area contributed by atoms with Crippen LogP contribution >= 0.6 is 15.9 Å². The van der Waals surface area contributed by atoms with Crippen LogP contribution < -0.4 is 0 Å². The van der Waals surface area contributed by atoms with Crippen molar-refractivity contribution in [1.29, 1.82) is 0 Å². The number of ether oxygens (including phenoxy) is 2. The summed E-state index contributed by atoms with van der Waals surface area (Å²) in [5, 5.41) is 18.6. The molecule has 2 bridgehead atoms. The SMILES string of the molecule is C=CCOC(=O)[C@H]1[C@@H]2OC3(CC2Br)C(C(=O)N(CC=C)Cn2nnc4ccccc42)N([C@@H](CC)CO)C(=O)[C@H]13. The summed E-state index contributed by atoms with van der Waals surface area (Å²) in [4.78, 5) is 44.5. The minimum atomic E-state index is -1.27. The third-order valence-electron chi connectivity index (χ3n) is 8.04. The highest BCUT2D eigenvalue weighted by atomic mass is 79.9.